The van der Waals surface area contributed by atoms with Crippen LogP contribution < -0.4 is 0 Å². The predicted molar refractivity (Wildman–Crippen MR) is 21.1 cm³/mol. The predicted octanol–water partition coefficient (Wildman–Crippen LogP) is 1.50. The summed E-state index contributed by atoms with van der Waals surface area (Å²) in [5.74, 6) is 0. The van der Waals surface area contributed by atoms with E-state index in [1.54, 1.807) is 0 Å². The van der Waals surface area contributed by atoms with Gasteiger partial charge in [-0.15, -0.1) is 0 Å². The average molecular weight is 123 g/mol. The summed E-state index contributed by atoms with van der Waals surface area (Å²) in [6.45, 7) is 0.539. The second kappa shape index (κ2) is 2.03. The van der Waals surface area contributed by atoms with Crippen molar-refractivity contribution >= 4 is 0 Å². The molecule has 0 amide bonds. The molecule has 0 aromatic rings. The van der Waals surface area contributed by atoms with E-state index in [1.165, 1.54) is 0 Å². The fraction of sp³-hybridized carbons (Fsp3) is 0.750. The number of hydrogen-bond acceptors (Lipinski definition) is 1. The van der Waals surface area contributed by atoms with Crippen LogP contribution in [0.4, 0.5) is 13.2 Å². The number of hydrogen-bond donors (Lipinski definition) is 0. The Labute approximate surface area is 44.7 Å². The zero-order valence-corrected chi connectivity index (χ0v) is 4.16. The maximum Gasteiger partial charge on any atom is 0.285 e. The molecule has 0 spiro atoms. The second-order valence-electron chi connectivity index (χ2n) is 1.49. The number of nitrogens with zero attached hydrogens (tertiary/aromatic N) is 1. The van der Waals surface area contributed by atoms with Crippen LogP contribution in [0, 0.1) is 11.3 Å². The molecule has 0 aromatic carbocycles. The summed E-state index contributed by atoms with van der Waals surface area (Å²) in [5.41, 5.74) is -2.99. The molecule has 0 bridgehead atoms. The van der Waals surface area contributed by atoms with Crippen molar-refractivity contribution in [3.63, 3.8) is 0 Å². The lowest BCUT2D eigenvalue weighted by Crippen LogP contribution is -2.25. The molecule has 0 aliphatic carbocycles. The van der Waals surface area contributed by atoms with Gasteiger partial charge in [0.1, 0.15) is 6.07 Å². The Morgan fingerprint density at radius 3 is 2.00 bits per heavy atom. The largest absolute Gasteiger partial charge is 0.285 e. The fourth-order valence-corrected chi connectivity index (χ4v) is 0.0488. The molecule has 4 heteroatoms. The van der Waals surface area contributed by atoms with E-state index in [0.717, 1.165) is 6.07 Å². The third-order valence-corrected chi connectivity index (χ3v) is 0.628. The highest BCUT2D eigenvalue weighted by atomic mass is 19.3. The second-order valence-corrected chi connectivity index (χ2v) is 1.49. The monoisotopic (exact) mass is 123 g/mol. The minimum Gasteiger partial charge on any atom is -0.221 e. The highest BCUT2D eigenvalue weighted by Crippen LogP contribution is 2.17. The molecule has 0 aliphatic rings. The number of halogens is 3. The van der Waals surface area contributed by atoms with E-state index in [9.17, 15) is 13.2 Å². The molecule has 0 saturated carbocycles. The van der Waals surface area contributed by atoms with Crippen LogP contribution in [0.2, 0.25) is 0 Å². The molecular formula is C4H4F3N. The Hall–Kier alpha value is -0.720. The van der Waals surface area contributed by atoms with E-state index in [1.807, 2.05) is 0 Å². The lowest BCUT2D eigenvalue weighted by Gasteiger charge is -2.06. The third kappa shape index (κ3) is 1.41. The quantitative estimate of drug-likeness (QED) is 0.518. The maximum atomic E-state index is 11.8. The van der Waals surface area contributed by atoms with Gasteiger partial charge in [-0.2, -0.15) is 5.26 Å². The summed E-state index contributed by atoms with van der Waals surface area (Å²) in [7, 11) is 0. The Morgan fingerprint density at radius 2 is 2.00 bits per heavy atom. The van der Waals surface area contributed by atoms with Crippen molar-refractivity contribution in [1.29, 1.82) is 5.26 Å². The van der Waals surface area contributed by atoms with Crippen LogP contribution in [0.25, 0.3) is 0 Å². The van der Waals surface area contributed by atoms with Gasteiger partial charge in [0, 0.05) is 0 Å². The summed E-state index contributed by atoms with van der Waals surface area (Å²) >= 11 is 0. The third-order valence-electron chi connectivity index (χ3n) is 0.628. The first-order valence-electron chi connectivity index (χ1n) is 1.89. The van der Waals surface area contributed by atoms with Crippen molar-refractivity contribution in [3.05, 3.63) is 0 Å². The van der Waals surface area contributed by atoms with Crippen LogP contribution in [0.5, 0.6) is 0 Å². The van der Waals surface area contributed by atoms with Crippen molar-refractivity contribution in [3.8, 4) is 6.07 Å². The SMILES string of the molecule is CC(F)(C#N)C(F)F. The smallest absolute Gasteiger partial charge is 0.221 e. The van der Waals surface area contributed by atoms with Gasteiger partial charge in [0.2, 0.25) is 0 Å². The number of rotatable bonds is 1. The summed E-state index contributed by atoms with van der Waals surface area (Å²) in [6, 6.07) is 0.824. The van der Waals surface area contributed by atoms with Crippen LogP contribution in [0.3, 0.4) is 0 Å². The van der Waals surface area contributed by atoms with Crippen LogP contribution in [-0.4, -0.2) is 12.1 Å². The normalized spacial score (nSPS) is 17.5. The Bertz CT molecular complexity index is 113. The number of nitriles is 1. The Kier molecular flexibility index (Phi) is 1.85. The first-order valence-corrected chi connectivity index (χ1v) is 1.89. The molecule has 1 unspecified atom stereocenters. The molecule has 1 atom stereocenters. The van der Waals surface area contributed by atoms with Gasteiger partial charge in [-0.1, -0.05) is 0 Å². The van der Waals surface area contributed by atoms with Gasteiger partial charge in [0.05, 0.1) is 0 Å². The molecule has 0 saturated heterocycles. The van der Waals surface area contributed by atoms with Gasteiger partial charge in [-0.3, -0.25) is 0 Å². The van der Waals surface area contributed by atoms with E-state index in [2.05, 4.69) is 0 Å². The summed E-state index contributed by atoms with van der Waals surface area (Å²) in [4.78, 5) is 0. The maximum absolute atomic E-state index is 11.8. The summed E-state index contributed by atoms with van der Waals surface area (Å²) in [5, 5.41) is 7.66. The van der Waals surface area contributed by atoms with Crippen molar-refractivity contribution in [2.75, 3.05) is 0 Å². The van der Waals surface area contributed by atoms with Crippen LogP contribution >= 0.6 is 0 Å². The molecule has 0 aromatic heterocycles. The minimum absolute atomic E-state index is 0.539. The highest BCUT2D eigenvalue weighted by molar-refractivity contribution is 4.98. The topological polar surface area (TPSA) is 23.8 Å². The summed E-state index contributed by atoms with van der Waals surface area (Å²) < 4.78 is 34.3. The standard InChI is InChI=1S/C4H4F3N/c1-4(7,2-8)3(5)6/h3H,1H3. The molecule has 0 rings (SSSR count). The minimum atomic E-state index is -3.22. The van der Waals surface area contributed by atoms with Gasteiger partial charge in [0.25, 0.3) is 12.1 Å². The average Bonchev–Trinajstić information content (AvgIpc) is 1.67. The zero-order valence-electron chi connectivity index (χ0n) is 4.16. The van der Waals surface area contributed by atoms with E-state index in [4.69, 9.17) is 5.26 Å². The Balaban J connectivity index is 3.97. The molecule has 8 heavy (non-hydrogen) atoms. The van der Waals surface area contributed by atoms with Gasteiger partial charge in [0.15, 0.2) is 0 Å². The molecule has 0 radical (unpaired) electrons. The van der Waals surface area contributed by atoms with E-state index in [0.29, 0.717) is 6.92 Å². The first kappa shape index (κ1) is 7.28. The molecule has 0 fully saturated rings. The van der Waals surface area contributed by atoms with E-state index >= 15 is 0 Å². The lowest BCUT2D eigenvalue weighted by atomic mass is 10.2. The van der Waals surface area contributed by atoms with Crippen molar-refractivity contribution < 1.29 is 13.2 Å². The van der Waals surface area contributed by atoms with Crippen molar-refractivity contribution in [2.45, 2.75) is 19.0 Å². The fourth-order valence-electron chi connectivity index (χ4n) is 0.0488. The highest BCUT2D eigenvalue weighted by Gasteiger charge is 2.34. The van der Waals surface area contributed by atoms with Gasteiger partial charge in [-0.05, 0) is 6.92 Å². The van der Waals surface area contributed by atoms with Crippen LogP contribution in [0.1, 0.15) is 6.92 Å². The molecule has 0 aliphatic heterocycles. The van der Waals surface area contributed by atoms with Gasteiger partial charge in [-0.25, -0.2) is 13.2 Å². The zero-order chi connectivity index (χ0) is 6.78. The van der Waals surface area contributed by atoms with Crippen LogP contribution in [-0.2, 0) is 0 Å². The van der Waals surface area contributed by atoms with E-state index in [-0.39, 0.29) is 0 Å². The van der Waals surface area contributed by atoms with Crippen LogP contribution in [0.15, 0.2) is 0 Å². The number of alkyl halides is 3. The van der Waals surface area contributed by atoms with E-state index < -0.39 is 12.1 Å². The Morgan fingerprint density at radius 1 is 1.62 bits per heavy atom. The van der Waals surface area contributed by atoms with Crippen molar-refractivity contribution in [1.82, 2.24) is 0 Å². The summed E-state index contributed by atoms with van der Waals surface area (Å²) in [6.07, 6.45) is -3.22. The lowest BCUT2D eigenvalue weighted by molar-refractivity contribution is 0.0157. The molecule has 46 valence electrons. The van der Waals surface area contributed by atoms with Gasteiger partial charge >= 0.3 is 0 Å². The first-order chi connectivity index (χ1) is 3.50. The molecule has 1 nitrogen and oxygen atoms in total. The van der Waals surface area contributed by atoms with Gasteiger partial charge < -0.3 is 0 Å². The molecule has 0 N–H and O–H groups in total. The van der Waals surface area contributed by atoms with Crippen molar-refractivity contribution in [2.24, 2.45) is 0 Å². The molecule has 0 heterocycles. The molecular weight excluding hydrogens is 119 g/mol.